The van der Waals surface area contributed by atoms with E-state index in [2.05, 4.69) is 0 Å². The monoisotopic (exact) mass is 422 g/mol. The summed E-state index contributed by atoms with van der Waals surface area (Å²) in [6.45, 7) is 2.97. The molecule has 0 aliphatic carbocycles. The highest BCUT2D eigenvalue weighted by atomic mass is 28.4. The van der Waals surface area contributed by atoms with Crippen LogP contribution in [0.5, 0.6) is 0 Å². The maximum atomic E-state index is 5.70. The van der Waals surface area contributed by atoms with Gasteiger partial charge in [0, 0.05) is 54.3 Å². The second-order valence-corrected chi connectivity index (χ2v) is 10.3. The predicted octanol–water partition coefficient (Wildman–Crippen LogP) is 5.18. The lowest BCUT2D eigenvalue weighted by Crippen LogP contribution is -2.42. The van der Waals surface area contributed by atoms with Gasteiger partial charge in [-0.1, -0.05) is 44.9 Å². The van der Waals surface area contributed by atoms with Crippen molar-refractivity contribution in [2.75, 3.05) is 55.1 Å². The van der Waals surface area contributed by atoms with E-state index in [1.54, 1.807) is 28.4 Å². The normalized spacial score (nSPS) is 12.0. The van der Waals surface area contributed by atoms with Crippen molar-refractivity contribution < 1.29 is 27.5 Å². The van der Waals surface area contributed by atoms with Crippen LogP contribution in [-0.4, -0.2) is 63.9 Å². The first-order valence-electron chi connectivity index (χ1n) is 11.0. The SMILES string of the molecule is COCOCCCCCOCCCCCCCCCCC[Si](OC)(OC)OC. The molecule has 6 nitrogen and oxygen atoms in total. The molecule has 0 aromatic carbocycles. The number of hydrogen-bond donors (Lipinski definition) is 0. The lowest BCUT2D eigenvalue weighted by atomic mass is 10.1. The van der Waals surface area contributed by atoms with Crippen molar-refractivity contribution in [2.24, 2.45) is 0 Å². The number of ether oxygens (including phenoxy) is 3. The molecule has 0 spiro atoms. The lowest BCUT2D eigenvalue weighted by Gasteiger charge is -2.24. The molecule has 28 heavy (non-hydrogen) atoms. The van der Waals surface area contributed by atoms with Gasteiger partial charge in [0.15, 0.2) is 0 Å². The fourth-order valence-corrected chi connectivity index (χ4v) is 4.96. The van der Waals surface area contributed by atoms with Crippen LogP contribution in [0.2, 0.25) is 6.04 Å². The summed E-state index contributed by atoms with van der Waals surface area (Å²) < 4.78 is 32.1. The zero-order chi connectivity index (χ0) is 20.8. The molecule has 170 valence electrons. The first-order chi connectivity index (χ1) is 13.7. The highest BCUT2D eigenvalue weighted by Gasteiger charge is 2.36. The molecule has 0 saturated heterocycles. The zero-order valence-electron chi connectivity index (χ0n) is 19.0. The highest BCUT2D eigenvalue weighted by molar-refractivity contribution is 6.60. The lowest BCUT2D eigenvalue weighted by molar-refractivity contribution is -0.0318. The average molecular weight is 423 g/mol. The molecular weight excluding hydrogens is 376 g/mol. The molecular formula is C21H46O6Si. The van der Waals surface area contributed by atoms with E-state index in [9.17, 15) is 0 Å². The third kappa shape index (κ3) is 16.9. The number of methoxy groups -OCH3 is 1. The molecule has 7 heteroatoms. The number of rotatable bonds is 23. The Hall–Kier alpha value is -0.0231. The van der Waals surface area contributed by atoms with Crippen molar-refractivity contribution in [2.45, 2.75) is 83.1 Å². The van der Waals surface area contributed by atoms with Crippen LogP contribution in [0, 0.1) is 0 Å². The van der Waals surface area contributed by atoms with E-state index in [-0.39, 0.29) is 0 Å². The Labute approximate surface area is 174 Å². The second kappa shape index (κ2) is 21.7. The molecule has 0 saturated carbocycles. The molecule has 0 atom stereocenters. The first-order valence-corrected chi connectivity index (χ1v) is 13.0. The minimum absolute atomic E-state index is 0.399. The van der Waals surface area contributed by atoms with Gasteiger partial charge in [-0.15, -0.1) is 0 Å². The first kappa shape index (κ1) is 28.0. The predicted molar refractivity (Wildman–Crippen MR) is 116 cm³/mol. The van der Waals surface area contributed by atoms with Gasteiger partial charge in [-0.2, -0.15) is 0 Å². The van der Waals surface area contributed by atoms with Gasteiger partial charge in [0.25, 0.3) is 0 Å². The van der Waals surface area contributed by atoms with Crippen molar-refractivity contribution >= 4 is 8.80 Å². The molecule has 0 aliphatic heterocycles. The fourth-order valence-electron chi connectivity index (χ4n) is 3.17. The molecule has 0 aromatic rings. The second-order valence-electron chi connectivity index (χ2n) is 7.22. The van der Waals surface area contributed by atoms with Crippen molar-refractivity contribution in [3.05, 3.63) is 0 Å². The molecule has 0 unspecified atom stereocenters. The Morgan fingerprint density at radius 3 is 1.32 bits per heavy atom. The topological polar surface area (TPSA) is 55.4 Å². The van der Waals surface area contributed by atoms with Gasteiger partial charge >= 0.3 is 8.80 Å². The molecule has 0 heterocycles. The summed E-state index contributed by atoms with van der Waals surface area (Å²) in [4.78, 5) is 0. The molecule has 0 bridgehead atoms. The molecule has 0 amide bonds. The van der Waals surface area contributed by atoms with Gasteiger partial charge in [0.05, 0.1) is 0 Å². The largest absolute Gasteiger partial charge is 0.500 e. The summed E-state index contributed by atoms with van der Waals surface area (Å²) in [5, 5.41) is 0. The molecule has 0 radical (unpaired) electrons. The van der Waals surface area contributed by atoms with Crippen LogP contribution in [0.3, 0.4) is 0 Å². The smallest absolute Gasteiger partial charge is 0.381 e. The average Bonchev–Trinajstić information content (AvgIpc) is 2.73. The molecule has 0 aromatic heterocycles. The quantitative estimate of drug-likeness (QED) is 0.128. The third-order valence-corrected chi connectivity index (χ3v) is 7.82. The van der Waals surface area contributed by atoms with E-state index in [1.807, 2.05) is 0 Å². The van der Waals surface area contributed by atoms with Crippen molar-refractivity contribution in [3.8, 4) is 0 Å². The maximum absolute atomic E-state index is 5.70. The van der Waals surface area contributed by atoms with Gasteiger partial charge in [0.1, 0.15) is 6.79 Å². The van der Waals surface area contributed by atoms with E-state index in [0.717, 1.165) is 51.5 Å². The van der Waals surface area contributed by atoms with Gasteiger partial charge in [-0.05, 0) is 32.1 Å². The Bertz CT molecular complexity index is 294. The van der Waals surface area contributed by atoms with Crippen LogP contribution < -0.4 is 0 Å². The van der Waals surface area contributed by atoms with Crippen molar-refractivity contribution in [1.29, 1.82) is 0 Å². The maximum Gasteiger partial charge on any atom is 0.500 e. The minimum atomic E-state index is -2.35. The summed E-state index contributed by atoms with van der Waals surface area (Å²) >= 11 is 0. The standard InChI is InChI=1S/C21H46O6Si/c1-22-21-27-19-15-12-14-18-26-17-13-10-8-6-5-7-9-11-16-20-28(23-2,24-3)25-4/h5-21H2,1-4H3. The molecule has 0 N–H and O–H groups in total. The molecule has 0 aliphatic rings. The van der Waals surface area contributed by atoms with Crippen LogP contribution in [0.25, 0.3) is 0 Å². The van der Waals surface area contributed by atoms with Crippen molar-refractivity contribution in [1.82, 2.24) is 0 Å². The Kier molecular flexibility index (Phi) is 21.7. The van der Waals surface area contributed by atoms with Gasteiger partial charge in [-0.3, -0.25) is 0 Å². The Morgan fingerprint density at radius 2 is 0.857 bits per heavy atom. The van der Waals surface area contributed by atoms with Crippen molar-refractivity contribution in [3.63, 3.8) is 0 Å². The minimum Gasteiger partial charge on any atom is -0.381 e. The van der Waals surface area contributed by atoms with Crippen LogP contribution >= 0.6 is 0 Å². The summed E-state index contributed by atoms with van der Waals surface area (Å²) in [5.41, 5.74) is 0. The van der Waals surface area contributed by atoms with E-state index in [4.69, 9.17) is 27.5 Å². The zero-order valence-corrected chi connectivity index (χ0v) is 20.0. The molecule has 0 fully saturated rings. The third-order valence-electron chi connectivity index (χ3n) is 4.98. The van der Waals surface area contributed by atoms with E-state index < -0.39 is 8.80 Å². The van der Waals surface area contributed by atoms with Crippen LogP contribution in [0.15, 0.2) is 0 Å². The van der Waals surface area contributed by atoms with Gasteiger partial charge < -0.3 is 27.5 Å². The highest BCUT2D eigenvalue weighted by Crippen LogP contribution is 2.18. The number of unbranched alkanes of at least 4 members (excludes halogenated alkanes) is 10. The van der Waals surface area contributed by atoms with Crippen LogP contribution in [0.4, 0.5) is 0 Å². The Morgan fingerprint density at radius 1 is 0.464 bits per heavy atom. The summed E-state index contributed by atoms with van der Waals surface area (Å²) in [5.74, 6) is 0. The molecule has 0 rings (SSSR count). The van der Waals surface area contributed by atoms with Gasteiger partial charge in [-0.25, -0.2) is 0 Å². The summed E-state index contributed by atoms with van der Waals surface area (Å²) in [7, 11) is 4.35. The summed E-state index contributed by atoms with van der Waals surface area (Å²) in [6, 6.07) is 0.915. The fraction of sp³-hybridized carbons (Fsp3) is 1.00. The Balaban J connectivity index is 3.18. The van der Waals surface area contributed by atoms with Gasteiger partial charge in [0.2, 0.25) is 0 Å². The van der Waals surface area contributed by atoms with Crippen LogP contribution in [0.1, 0.15) is 77.0 Å². The van der Waals surface area contributed by atoms with Crippen LogP contribution in [-0.2, 0) is 27.5 Å². The van der Waals surface area contributed by atoms with E-state index in [1.165, 1.54) is 51.4 Å². The summed E-state index contributed by atoms with van der Waals surface area (Å²) in [6.07, 6.45) is 14.8. The number of hydrogen-bond acceptors (Lipinski definition) is 6. The van der Waals surface area contributed by atoms with E-state index in [0.29, 0.717) is 6.79 Å². The van der Waals surface area contributed by atoms with E-state index >= 15 is 0 Å².